The summed E-state index contributed by atoms with van der Waals surface area (Å²) in [4.78, 5) is 27.2. The van der Waals surface area contributed by atoms with Crippen LogP contribution in [0.1, 0.15) is 41.5 Å². The van der Waals surface area contributed by atoms with Gasteiger partial charge in [0, 0.05) is 22.9 Å². The number of hydrogen-bond donors (Lipinski definition) is 3. The molecule has 3 rings (SSSR count). The Bertz CT molecular complexity index is 955. The number of aromatic amines is 2. The van der Waals surface area contributed by atoms with Crippen molar-refractivity contribution in [2.24, 2.45) is 0 Å². The van der Waals surface area contributed by atoms with Gasteiger partial charge in [0.1, 0.15) is 5.69 Å². The van der Waals surface area contributed by atoms with E-state index in [4.69, 9.17) is 0 Å². The number of H-pyrrole nitrogens is 2. The third-order valence-electron chi connectivity index (χ3n) is 3.98. The van der Waals surface area contributed by atoms with Crippen molar-refractivity contribution in [2.75, 3.05) is 5.32 Å². The average Bonchev–Trinajstić information content (AvgIpc) is 2.96. The van der Waals surface area contributed by atoms with Gasteiger partial charge >= 0.3 is 0 Å². The predicted octanol–water partition coefficient (Wildman–Crippen LogP) is 3.45. The van der Waals surface area contributed by atoms with Crippen molar-refractivity contribution in [1.82, 2.24) is 15.2 Å². The summed E-state index contributed by atoms with van der Waals surface area (Å²) >= 11 is 0. The van der Waals surface area contributed by atoms with Crippen LogP contribution in [0.25, 0.3) is 11.3 Å². The van der Waals surface area contributed by atoms with E-state index in [-0.39, 0.29) is 17.4 Å². The number of aromatic nitrogens is 3. The summed E-state index contributed by atoms with van der Waals surface area (Å²) in [5, 5.41) is 10.1. The smallest absolute Gasteiger partial charge is 0.256 e. The molecule has 1 aromatic carbocycles. The zero-order chi connectivity index (χ0) is 18.0. The molecule has 6 nitrogen and oxygen atoms in total. The molecule has 0 aliphatic rings. The Kier molecular flexibility index (Phi) is 4.52. The topological polar surface area (TPSA) is 90.6 Å². The SMILES string of the molecule is Cc1[nH]nc(-c2ccccc2)c1NC(=O)c1cc(C(C)C)[nH]c(=O)c1. The van der Waals surface area contributed by atoms with Crippen molar-refractivity contribution in [1.29, 1.82) is 0 Å². The van der Waals surface area contributed by atoms with Crippen LogP contribution in [-0.2, 0) is 0 Å². The minimum absolute atomic E-state index is 0.121. The molecule has 0 atom stereocenters. The van der Waals surface area contributed by atoms with Gasteiger partial charge in [0.05, 0.1) is 11.4 Å². The van der Waals surface area contributed by atoms with E-state index in [2.05, 4.69) is 20.5 Å². The van der Waals surface area contributed by atoms with Gasteiger partial charge in [-0.3, -0.25) is 14.7 Å². The van der Waals surface area contributed by atoms with E-state index in [0.717, 1.165) is 17.0 Å². The van der Waals surface area contributed by atoms with Crippen LogP contribution in [0.3, 0.4) is 0 Å². The van der Waals surface area contributed by atoms with Crippen molar-refractivity contribution in [2.45, 2.75) is 26.7 Å². The Labute approximate surface area is 145 Å². The molecule has 0 bridgehead atoms. The molecule has 3 aromatic rings. The molecule has 1 amide bonds. The predicted molar refractivity (Wildman–Crippen MR) is 97.9 cm³/mol. The number of carbonyl (C=O) groups is 1. The Morgan fingerprint density at radius 3 is 2.56 bits per heavy atom. The Morgan fingerprint density at radius 1 is 1.16 bits per heavy atom. The van der Waals surface area contributed by atoms with E-state index in [9.17, 15) is 9.59 Å². The van der Waals surface area contributed by atoms with Gasteiger partial charge in [-0.25, -0.2) is 0 Å². The molecule has 2 aromatic heterocycles. The van der Waals surface area contributed by atoms with Crippen LogP contribution in [0.2, 0.25) is 0 Å². The van der Waals surface area contributed by atoms with E-state index < -0.39 is 0 Å². The minimum Gasteiger partial charge on any atom is -0.326 e. The summed E-state index contributed by atoms with van der Waals surface area (Å²) in [5.74, 6) is -0.217. The van der Waals surface area contributed by atoms with Gasteiger partial charge in [0.2, 0.25) is 5.56 Å². The zero-order valence-corrected chi connectivity index (χ0v) is 14.4. The first-order valence-electron chi connectivity index (χ1n) is 8.11. The van der Waals surface area contributed by atoms with Crippen LogP contribution in [0, 0.1) is 6.92 Å². The summed E-state index contributed by atoms with van der Waals surface area (Å²) in [6.45, 7) is 5.76. The Morgan fingerprint density at radius 2 is 1.88 bits per heavy atom. The quantitative estimate of drug-likeness (QED) is 0.681. The highest BCUT2D eigenvalue weighted by Gasteiger charge is 2.17. The van der Waals surface area contributed by atoms with E-state index >= 15 is 0 Å². The molecular weight excluding hydrogens is 316 g/mol. The molecule has 25 heavy (non-hydrogen) atoms. The van der Waals surface area contributed by atoms with Crippen LogP contribution in [0.5, 0.6) is 0 Å². The van der Waals surface area contributed by atoms with Gasteiger partial charge in [-0.1, -0.05) is 44.2 Å². The normalized spacial score (nSPS) is 10.9. The van der Waals surface area contributed by atoms with Gasteiger partial charge in [0.25, 0.3) is 5.91 Å². The van der Waals surface area contributed by atoms with Gasteiger partial charge in [0.15, 0.2) is 0 Å². The molecule has 6 heteroatoms. The minimum atomic E-state index is -0.338. The molecule has 0 aliphatic heterocycles. The van der Waals surface area contributed by atoms with Gasteiger partial charge in [-0.05, 0) is 18.9 Å². The number of anilines is 1. The monoisotopic (exact) mass is 336 g/mol. The molecule has 2 heterocycles. The Balaban J connectivity index is 1.95. The zero-order valence-electron chi connectivity index (χ0n) is 14.4. The second-order valence-electron chi connectivity index (χ2n) is 6.24. The standard InChI is InChI=1S/C19H20N4O2/c1-11(2)15-9-14(10-16(24)20-15)19(25)21-17-12(3)22-23-18(17)13-7-5-4-6-8-13/h4-11H,1-3H3,(H,20,24)(H,21,25)(H,22,23). The first kappa shape index (κ1) is 16.7. The highest BCUT2D eigenvalue weighted by molar-refractivity contribution is 6.06. The molecule has 0 unspecified atom stereocenters. The number of nitrogens with zero attached hydrogens (tertiary/aromatic N) is 1. The fourth-order valence-electron chi connectivity index (χ4n) is 2.58. The number of amides is 1. The fraction of sp³-hybridized carbons (Fsp3) is 0.211. The molecule has 0 aliphatic carbocycles. The molecule has 128 valence electrons. The van der Waals surface area contributed by atoms with Crippen molar-refractivity contribution >= 4 is 11.6 Å². The maximum absolute atomic E-state index is 12.7. The van der Waals surface area contributed by atoms with Crippen LogP contribution < -0.4 is 10.9 Å². The number of hydrogen-bond acceptors (Lipinski definition) is 3. The summed E-state index contributed by atoms with van der Waals surface area (Å²) in [7, 11) is 0. The number of carbonyl (C=O) groups excluding carboxylic acids is 1. The third kappa shape index (κ3) is 3.52. The molecule has 0 saturated heterocycles. The second kappa shape index (κ2) is 6.76. The lowest BCUT2D eigenvalue weighted by atomic mass is 10.1. The summed E-state index contributed by atoms with van der Waals surface area (Å²) in [5.41, 5.74) is 3.69. The highest BCUT2D eigenvalue weighted by atomic mass is 16.2. The van der Waals surface area contributed by atoms with E-state index in [1.54, 1.807) is 6.07 Å². The molecular formula is C19H20N4O2. The van der Waals surface area contributed by atoms with Crippen LogP contribution >= 0.6 is 0 Å². The number of benzene rings is 1. The summed E-state index contributed by atoms with van der Waals surface area (Å²) in [6, 6.07) is 12.6. The van der Waals surface area contributed by atoms with E-state index in [0.29, 0.717) is 16.9 Å². The largest absolute Gasteiger partial charge is 0.326 e. The maximum Gasteiger partial charge on any atom is 0.256 e. The third-order valence-corrected chi connectivity index (χ3v) is 3.98. The second-order valence-corrected chi connectivity index (χ2v) is 6.24. The van der Waals surface area contributed by atoms with Gasteiger partial charge < -0.3 is 10.3 Å². The molecule has 0 spiro atoms. The number of rotatable bonds is 4. The van der Waals surface area contributed by atoms with Crippen molar-refractivity contribution in [3.8, 4) is 11.3 Å². The van der Waals surface area contributed by atoms with Crippen molar-refractivity contribution in [3.63, 3.8) is 0 Å². The Hall–Kier alpha value is -3.15. The van der Waals surface area contributed by atoms with Crippen LogP contribution in [0.15, 0.2) is 47.3 Å². The fourth-order valence-corrected chi connectivity index (χ4v) is 2.58. The van der Waals surface area contributed by atoms with Crippen LogP contribution in [-0.4, -0.2) is 21.1 Å². The summed E-state index contributed by atoms with van der Waals surface area (Å²) in [6.07, 6.45) is 0. The van der Waals surface area contributed by atoms with Crippen LogP contribution in [0.4, 0.5) is 5.69 Å². The molecule has 0 saturated carbocycles. The molecule has 3 N–H and O–H groups in total. The lowest BCUT2D eigenvalue weighted by molar-refractivity contribution is 0.102. The summed E-state index contributed by atoms with van der Waals surface area (Å²) < 4.78 is 0. The number of pyridine rings is 1. The average molecular weight is 336 g/mol. The lowest BCUT2D eigenvalue weighted by Gasteiger charge is -2.10. The number of nitrogens with one attached hydrogen (secondary N) is 3. The van der Waals surface area contributed by atoms with E-state index in [1.807, 2.05) is 51.1 Å². The first-order chi connectivity index (χ1) is 12.0. The van der Waals surface area contributed by atoms with Crippen molar-refractivity contribution < 1.29 is 4.79 Å². The van der Waals surface area contributed by atoms with Gasteiger partial charge in [-0.15, -0.1) is 0 Å². The van der Waals surface area contributed by atoms with Crippen molar-refractivity contribution in [3.05, 3.63) is 69.8 Å². The van der Waals surface area contributed by atoms with Gasteiger partial charge in [-0.2, -0.15) is 5.10 Å². The molecule has 0 radical (unpaired) electrons. The number of aryl methyl sites for hydroxylation is 1. The van der Waals surface area contributed by atoms with E-state index in [1.165, 1.54) is 6.07 Å². The maximum atomic E-state index is 12.7. The highest BCUT2D eigenvalue weighted by Crippen LogP contribution is 2.28. The lowest BCUT2D eigenvalue weighted by Crippen LogP contribution is -2.18. The molecule has 0 fully saturated rings. The first-order valence-corrected chi connectivity index (χ1v) is 8.11.